The molecule has 5 heteroatoms. The summed E-state index contributed by atoms with van der Waals surface area (Å²) in [5.74, 6) is -0.0978. The average Bonchev–Trinajstić information content (AvgIpc) is 2.72. The monoisotopic (exact) mass is 295 g/mol. The first kappa shape index (κ1) is 12.9. The molecular weight excluding hydrogens is 282 g/mol. The molecule has 1 aliphatic rings. The third kappa shape index (κ3) is 2.36. The Balaban J connectivity index is 1.79. The number of halogens is 1. The van der Waals surface area contributed by atoms with Gasteiger partial charge in [0.25, 0.3) is 5.91 Å². The molecule has 1 fully saturated rings. The van der Waals surface area contributed by atoms with Crippen LogP contribution in [0.15, 0.2) is 24.3 Å². The number of thiophene rings is 1. The van der Waals surface area contributed by atoms with Crippen molar-refractivity contribution >= 4 is 38.9 Å². The highest BCUT2D eigenvalue weighted by Gasteiger charge is 2.34. The molecule has 1 aromatic heterocycles. The van der Waals surface area contributed by atoms with Crippen molar-refractivity contribution in [1.82, 2.24) is 5.32 Å². The lowest BCUT2D eigenvalue weighted by Crippen LogP contribution is -2.48. The molecule has 19 heavy (non-hydrogen) atoms. The molecule has 3 nitrogen and oxygen atoms in total. The van der Waals surface area contributed by atoms with Crippen molar-refractivity contribution in [2.75, 3.05) is 19.8 Å². The Hall–Kier alpha value is -1.10. The molecule has 0 radical (unpaired) electrons. The smallest absolute Gasteiger partial charge is 0.262 e. The first-order chi connectivity index (χ1) is 9.09. The Bertz CT molecular complexity index is 633. The van der Waals surface area contributed by atoms with Crippen LogP contribution in [0.2, 0.25) is 5.02 Å². The molecule has 0 spiro atoms. The number of rotatable bonds is 3. The van der Waals surface area contributed by atoms with Gasteiger partial charge in [-0.1, -0.05) is 36.7 Å². The highest BCUT2D eigenvalue weighted by Crippen LogP contribution is 2.35. The van der Waals surface area contributed by atoms with Crippen LogP contribution in [0.3, 0.4) is 0 Å². The molecule has 1 saturated heterocycles. The molecule has 0 bridgehead atoms. The fourth-order valence-corrected chi connectivity index (χ4v) is 3.52. The summed E-state index contributed by atoms with van der Waals surface area (Å²) >= 11 is 7.71. The first-order valence-electron chi connectivity index (χ1n) is 6.12. The second-order valence-electron chi connectivity index (χ2n) is 5.23. The lowest BCUT2D eigenvalue weighted by Gasteiger charge is -2.37. The van der Waals surface area contributed by atoms with Crippen molar-refractivity contribution in [3.05, 3.63) is 34.2 Å². The van der Waals surface area contributed by atoms with Crippen LogP contribution in [0.25, 0.3) is 10.1 Å². The summed E-state index contributed by atoms with van der Waals surface area (Å²) < 4.78 is 6.21. The van der Waals surface area contributed by atoms with Gasteiger partial charge in [0.15, 0.2) is 0 Å². The van der Waals surface area contributed by atoms with Crippen LogP contribution in [0.1, 0.15) is 16.6 Å². The van der Waals surface area contributed by atoms with E-state index in [-0.39, 0.29) is 11.3 Å². The van der Waals surface area contributed by atoms with Crippen molar-refractivity contribution in [2.24, 2.45) is 5.41 Å². The molecule has 2 heterocycles. The molecule has 1 aliphatic heterocycles. The molecule has 100 valence electrons. The summed E-state index contributed by atoms with van der Waals surface area (Å²) in [6.45, 7) is 4.13. The second-order valence-corrected chi connectivity index (χ2v) is 6.66. The maximum absolute atomic E-state index is 12.2. The number of benzene rings is 1. The minimum absolute atomic E-state index is 0.0683. The van der Waals surface area contributed by atoms with Crippen LogP contribution in [-0.2, 0) is 4.74 Å². The van der Waals surface area contributed by atoms with Gasteiger partial charge in [0.1, 0.15) is 4.88 Å². The van der Waals surface area contributed by atoms with E-state index in [0.29, 0.717) is 29.7 Å². The average molecular weight is 296 g/mol. The fourth-order valence-electron chi connectivity index (χ4n) is 2.09. The van der Waals surface area contributed by atoms with Crippen molar-refractivity contribution in [3.8, 4) is 0 Å². The topological polar surface area (TPSA) is 38.3 Å². The van der Waals surface area contributed by atoms with E-state index in [1.165, 1.54) is 11.3 Å². The van der Waals surface area contributed by atoms with E-state index in [0.717, 1.165) is 10.1 Å². The van der Waals surface area contributed by atoms with E-state index in [2.05, 4.69) is 12.2 Å². The molecule has 1 N–H and O–H groups in total. The minimum atomic E-state index is -0.0978. The van der Waals surface area contributed by atoms with Crippen LogP contribution in [0.5, 0.6) is 0 Å². The van der Waals surface area contributed by atoms with Gasteiger partial charge in [-0.05, 0) is 6.07 Å². The van der Waals surface area contributed by atoms with Gasteiger partial charge in [0, 0.05) is 22.0 Å². The second kappa shape index (κ2) is 4.78. The highest BCUT2D eigenvalue weighted by molar-refractivity contribution is 7.21. The molecule has 0 saturated carbocycles. The van der Waals surface area contributed by atoms with E-state index in [4.69, 9.17) is 16.3 Å². The number of hydrogen-bond acceptors (Lipinski definition) is 3. The van der Waals surface area contributed by atoms with Crippen LogP contribution < -0.4 is 5.32 Å². The number of fused-ring (bicyclic) bond motifs is 1. The molecule has 1 aromatic carbocycles. The molecule has 3 rings (SSSR count). The maximum Gasteiger partial charge on any atom is 0.262 e. The first-order valence-corrected chi connectivity index (χ1v) is 7.31. The summed E-state index contributed by atoms with van der Waals surface area (Å²) in [6, 6.07) is 7.79. The molecule has 1 amide bonds. The van der Waals surface area contributed by atoms with Gasteiger partial charge in [0.2, 0.25) is 0 Å². The number of carbonyl (C=O) groups is 1. The van der Waals surface area contributed by atoms with Gasteiger partial charge in [-0.15, -0.1) is 11.3 Å². The van der Waals surface area contributed by atoms with E-state index in [1.54, 1.807) is 0 Å². The minimum Gasteiger partial charge on any atom is -0.380 e. The predicted molar refractivity (Wildman–Crippen MR) is 78.1 cm³/mol. The standard InChI is InChI=1S/C14H14ClNO2S/c1-14(7-18-8-14)6-16-13(17)12-11(15)9-4-2-3-5-10(9)19-12/h2-5H,6-8H2,1H3,(H,16,17). The zero-order valence-electron chi connectivity index (χ0n) is 10.5. The van der Waals surface area contributed by atoms with Crippen molar-refractivity contribution < 1.29 is 9.53 Å². The molecule has 0 unspecified atom stereocenters. The summed E-state index contributed by atoms with van der Waals surface area (Å²) in [6.07, 6.45) is 0. The Labute approximate surface area is 120 Å². The fraction of sp³-hybridized carbons (Fsp3) is 0.357. The van der Waals surface area contributed by atoms with Gasteiger partial charge < -0.3 is 10.1 Å². The summed E-state index contributed by atoms with van der Waals surface area (Å²) in [5.41, 5.74) is 0.0683. The van der Waals surface area contributed by atoms with E-state index in [9.17, 15) is 4.79 Å². The normalized spacial score (nSPS) is 17.2. The summed E-state index contributed by atoms with van der Waals surface area (Å²) in [7, 11) is 0. The van der Waals surface area contributed by atoms with E-state index in [1.807, 2.05) is 24.3 Å². The number of carbonyl (C=O) groups excluding carboxylic acids is 1. The van der Waals surface area contributed by atoms with Crippen molar-refractivity contribution in [2.45, 2.75) is 6.92 Å². The van der Waals surface area contributed by atoms with Crippen LogP contribution in [0.4, 0.5) is 0 Å². The van der Waals surface area contributed by atoms with E-state index >= 15 is 0 Å². The zero-order chi connectivity index (χ0) is 13.5. The molecular formula is C14H14ClNO2S. The Kier molecular flexibility index (Phi) is 3.25. The number of hydrogen-bond donors (Lipinski definition) is 1. The Morgan fingerprint density at radius 2 is 2.21 bits per heavy atom. The SMILES string of the molecule is CC1(CNC(=O)c2sc3ccccc3c2Cl)COC1. The van der Waals surface area contributed by atoms with Crippen molar-refractivity contribution in [3.63, 3.8) is 0 Å². The molecule has 0 aliphatic carbocycles. The lowest BCUT2D eigenvalue weighted by molar-refractivity contribution is -0.0978. The zero-order valence-corrected chi connectivity index (χ0v) is 12.1. The summed E-state index contributed by atoms with van der Waals surface area (Å²) in [5, 5.41) is 4.44. The summed E-state index contributed by atoms with van der Waals surface area (Å²) in [4.78, 5) is 12.8. The number of ether oxygens (including phenoxy) is 1. The van der Waals surface area contributed by atoms with Gasteiger partial charge in [-0.25, -0.2) is 0 Å². The van der Waals surface area contributed by atoms with Gasteiger partial charge in [0.05, 0.1) is 18.2 Å². The lowest BCUT2D eigenvalue weighted by atomic mass is 9.89. The van der Waals surface area contributed by atoms with Crippen molar-refractivity contribution in [1.29, 1.82) is 0 Å². The van der Waals surface area contributed by atoms with E-state index < -0.39 is 0 Å². The predicted octanol–water partition coefficient (Wildman–Crippen LogP) is 3.32. The van der Waals surface area contributed by atoms with Crippen LogP contribution >= 0.6 is 22.9 Å². The number of amides is 1. The highest BCUT2D eigenvalue weighted by atomic mass is 35.5. The van der Waals surface area contributed by atoms with Crippen LogP contribution in [-0.4, -0.2) is 25.7 Å². The van der Waals surface area contributed by atoms with Gasteiger partial charge in [-0.3, -0.25) is 4.79 Å². The van der Waals surface area contributed by atoms with Gasteiger partial charge in [-0.2, -0.15) is 0 Å². The molecule has 2 aromatic rings. The third-order valence-corrected chi connectivity index (χ3v) is 4.99. The Morgan fingerprint density at radius 3 is 2.84 bits per heavy atom. The van der Waals surface area contributed by atoms with Gasteiger partial charge >= 0.3 is 0 Å². The third-order valence-electron chi connectivity index (χ3n) is 3.32. The largest absolute Gasteiger partial charge is 0.380 e. The molecule has 0 atom stereocenters. The quantitative estimate of drug-likeness (QED) is 0.943. The Morgan fingerprint density at radius 1 is 1.47 bits per heavy atom. The maximum atomic E-state index is 12.2. The van der Waals surface area contributed by atoms with Crippen LogP contribution in [0, 0.1) is 5.41 Å². The number of nitrogens with one attached hydrogen (secondary N) is 1.